The lowest BCUT2D eigenvalue weighted by Gasteiger charge is -2.06. The van der Waals surface area contributed by atoms with Gasteiger partial charge in [-0.15, -0.1) is 0 Å². The van der Waals surface area contributed by atoms with E-state index in [1.165, 1.54) is 41.1 Å². The normalized spacial score (nSPS) is 10.6. The maximum Gasteiger partial charge on any atom is 0.251 e. The highest BCUT2D eigenvalue weighted by atomic mass is 35.5. The summed E-state index contributed by atoms with van der Waals surface area (Å²) in [5.74, 6) is -0.491. The zero-order chi connectivity index (χ0) is 21.0. The highest BCUT2D eigenvalue weighted by Gasteiger charge is 2.16. The van der Waals surface area contributed by atoms with Crippen LogP contribution in [0.15, 0.2) is 42.5 Å². The van der Waals surface area contributed by atoms with Crippen LogP contribution in [-0.2, 0) is 6.42 Å². The van der Waals surface area contributed by atoms with Gasteiger partial charge in [-0.1, -0.05) is 23.2 Å². The van der Waals surface area contributed by atoms with Gasteiger partial charge < -0.3 is 11.1 Å². The highest BCUT2D eigenvalue weighted by Crippen LogP contribution is 2.22. The molecule has 0 unspecified atom stereocenters. The van der Waals surface area contributed by atoms with Gasteiger partial charge in [-0.05, 0) is 55.3 Å². The van der Waals surface area contributed by atoms with Crippen molar-refractivity contribution in [1.29, 1.82) is 5.26 Å². The molecule has 3 aromatic rings. The van der Waals surface area contributed by atoms with Crippen LogP contribution in [0.3, 0.4) is 0 Å². The van der Waals surface area contributed by atoms with Crippen molar-refractivity contribution in [3.63, 3.8) is 0 Å². The predicted octanol–water partition coefficient (Wildman–Crippen LogP) is 4.13. The number of carbonyl (C=O) groups excluding carboxylic acids is 1. The van der Waals surface area contributed by atoms with E-state index in [9.17, 15) is 14.4 Å². The van der Waals surface area contributed by atoms with E-state index in [0.29, 0.717) is 46.4 Å². The minimum atomic E-state index is -0.378. The van der Waals surface area contributed by atoms with Crippen molar-refractivity contribution in [2.24, 2.45) is 0 Å². The summed E-state index contributed by atoms with van der Waals surface area (Å²) in [7, 11) is 0. The minimum absolute atomic E-state index is 0.187. The summed E-state index contributed by atoms with van der Waals surface area (Å²) in [6, 6.07) is 12.3. The number of hydrogen-bond donors (Lipinski definition) is 2. The average molecular weight is 432 g/mol. The fourth-order valence-corrected chi connectivity index (χ4v) is 3.33. The van der Waals surface area contributed by atoms with E-state index in [1.807, 2.05) is 0 Å². The van der Waals surface area contributed by atoms with Crippen molar-refractivity contribution in [1.82, 2.24) is 15.1 Å². The Bertz CT molecular complexity index is 1070. The first kappa shape index (κ1) is 20.6. The van der Waals surface area contributed by atoms with Crippen molar-refractivity contribution in [2.75, 3.05) is 12.3 Å². The number of nitrogens with one attached hydrogen (secondary N) is 1. The summed E-state index contributed by atoms with van der Waals surface area (Å²) >= 11 is 11.8. The van der Waals surface area contributed by atoms with Gasteiger partial charge in [-0.25, -0.2) is 9.07 Å². The van der Waals surface area contributed by atoms with E-state index in [4.69, 9.17) is 28.9 Å². The van der Waals surface area contributed by atoms with Gasteiger partial charge in [0.1, 0.15) is 23.3 Å². The third-order valence-electron chi connectivity index (χ3n) is 4.18. The molecule has 9 heteroatoms. The molecule has 1 aromatic heterocycles. The molecule has 0 aliphatic heterocycles. The maximum atomic E-state index is 13.1. The van der Waals surface area contributed by atoms with Crippen LogP contribution in [0.1, 0.15) is 28.0 Å². The van der Waals surface area contributed by atoms with Gasteiger partial charge >= 0.3 is 0 Å². The maximum absolute atomic E-state index is 13.1. The molecule has 29 heavy (non-hydrogen) atoms. The molecule has 0 spiro atoms. The molecule has 0 aliphatic rings. The van der Waals surface area contributed by atoms with Gasteiger partial charge in [-0.2, -0.15) is 10.4 Å². The molecule has 148 valence electrons. The van der Waals surface area contributed by atoms with Crippen LogP contribution in [-0.4, -0.2) is 22.2 Å². The first-order valence-corrected chi connectivity index (χ1v) is 9.42. The minimum Gasteiger partial charge on any atom is -0.382 e. The average Bonchev–Trinajstić information content (AvgIpc) is 3.00. The molecule has 3 N–H and O–H groups in total. The van der Waals surface area contributed by atoms with Gasteiger partial charge in [0, 0.05) is 22.2 Å². The van der Waals surface area contributed by atoms with E-state index in [-0.39, 0.29) is 23.1 Å². The van der Waals surface area contributed by atoms with E-state index in [2.05, 4.69) is 16.5 Å². The van der Waals surface area contributed by atoms with Crippen molar-refractivity contribution in [3.8, 4) is 11.8 Å². The molecule has 0 saturated heterocycles. The molecule has 0 radical (unpaired) electrons. The fraction of sp³-hybridized carbons (Fsp3) is 0.150. The zero-order valence-electron chi connectivity index (χ0n) is 15.1. The predicted molar refractivity (Wildman–Crippen MR) is 110 cm³/mol. The molecule has 2 aromatic carbocycles. The number of amides is 1. The van der Waals surface area contributed by atoms with Crippen LogP contribution >= 0.6 is 23.2 Å². The quantitative estimate of drug-likeness (QED) is 0.573. The number of hydrogen-bond acceptors (Lipinski definition) is 4. The van der Waals surface area contributed by atoms with E-state index in [0.717, 1.165) is 0 Å². The van der Waals surface area contributed by atoms with Crippen molar-refractivity contribution in [2.45, 2.75) is 12.8 Å². The number of carbonyl (C=O) groups is 1. The number of nitriles is 1. The van der Waals surface area contributed by atoms with Gasteiger partial charge in [-0.3, -0.25) is 4.79 Å². The molecule has 0 fully saturated rings. The molecule has 0 atom stereocenters. The molecule has 0 bridgehead atoms. The Morgan fingerprint density at radius 3 is 2.48 bits per heavy atom. The lowest BCUT2D eigenvalue weighted by Crippen LogP contribution is -2.24. The number of aryl methyl sites for hydroxylation is 1. The smallest absolute Gasteiger partial charge is 0.251 e. The third kappa shape index (κ3) is 4.86. The second kappa shape index (κ2) is 8.95. The molecule has 6 nitrogen and oxygen atoms in total. The van der Waals surface area contributed by atoms with Crippen LogP contribution in [0, 0.1) is 17.1 Å². The van der Waals surface area contributed by atoms with Crippen LogP contribution in [0.2, 0.25) is 10.0 Å². The van der Waals surface area contributed by atoms with Crippen LogP contribution < -0.4 is 11.1 Å². The summed E-state index contributed by atoms with van der Waals surface area (Å²) in [6.45, 7) is 0.358. The number of anilines is 1. The Morgan fingerprint density at radius 1 is 1.21 bits per heavy atom. The Kier molecular flexibility index (Phi) is 6.37. The summed E-state index contributed by atoms with van der Waals surface area (Å²) in [5, 5.41) is 17.3. The number of nitrogens with two attached hydrogens (primary N) is 1. The van der Waals surface area contributed by atoms with Gasteiger partial charge in [0.25, 0.3) is 5.91 Å². The van der Waals surface area contributed by atoms with E-state index >= 15 is 0 Å². The highest BCUT2D eigenvalue weighted by molar-refractivity contribution is 6.35. The van der Waals surface area contributed by atoms with E-state index < -0.39 is 0 Å². The first-order valence-electron chi connectivity index (χ1n) is 8.66. The second-order valence-electron chi connectivity index (χ2n) is 6.22. The molecule has 0 saturated carbocycles. The van der Waals surface area contributed by atoms with Gasteiger partial charge in [0.15, 0.2) is 0 Å². The largest absolute Gasteiger partial charge is 0.382 e. The second-order valence-corrected chi connectivity index (χ2v) is 7.10. The summed E-state index contributed by atoms with van der Waals surface area (Å²) in [6.07, 6.45) is 0.965. The van der Waals surface area contributed by atoms with Crippen molar-refractivity contribution in [3.05, 3.63) is 75.1 Å². The Balaban J connectivity index is 1.65. The lowest BCUT2D eigenvalue weighted by atomic mass is 10.1. The number of nitrogens with zero attached hydrogens (tertiary/aromatic N) is 3. The summed E-state index contributed by atoms with van der Waals surface area (Å²) < 4.78 is 14.5. The SMILES string of the molecule is N#Cc1c(CCCNC(=O)c2cc(Cl)cc(Cl)c2)nn(-c2ccc(F)cc2)c1N. The number of halogens is 3. The lowest BCUT2D eigenvalue weighted by molar-refractivity contribution is 0.0953. The topological polar surface area (TPSA) is 96.7 Å². The molecule has 0 aliphatic carbocycles. The zero-order valence-corrected chi connectivity index (χ0v) is 16.6. The van der Waals surface area contributed by atoms with Gasteiger partial charge in [0.2, 0.25) is 0 Å². The Morgan fingerprint density at radius 2 is 1.86 bits per heavy atom. The molecule has 1 amide bonds. The number of benzene rings is 2. The summed E-state index contributed by atoms with van der Waals surface area (Å²) in [4.78, 5) is 12.2. The van der Waals surface area contributed by atoms with Crippen molar-refractivity contribution >= 4 is 34.9 Å². The third-order valence-corrected chi connectivity index (χ3v) is 4.61. The molecule has 3 rings (SSSR count). The van der Waals surface area contributed by atoms with E-state index in [1.54, 1.807) is 6.07 Å². The van der Waals surface area contributed by atoms with Crippen LogP contribution in [0.25, 0.3) is 5.69 Å². The Labute approximate surface area is 176 Å². The van der Waals surface area contributed by atoms with Crippen LogP contribution in [0.5, 0.6) is 0 Å². The molecular formula is C20H16Cl2FN5O. The fourth-order valence-electron chi connectivity index (χ4n) is 2.80. The Hall–Kier alpha value is -3.08. The van der Waals surface area contributed by atoms with Crippen LogP contribution in [0.4, 0.5) is 10.2 Å². The molecule has 1 heterocycles. The number of aromatic nitrogens is 2. The monoisotopic (exact) mass is 431 g/mol. The van der Waals surface area contributed by atoms with Crippen molar-refractivity contribution < 1.29 is 9.18 Å². The number of nitrogen functional groups attached to an aromatic ring is 1. The number of rotatable bonds is 6. The van der Waals surface area contributed by atoms with Gasteiger partial charge in [0.05, 0.1) is 11.4 Å². The summed E-state index contributed by atoms with van der Waals surface area (Å²) in [5.41, 5.74) is 7.72. The standard InChI is InChI=1S/C20H16Cl2FN5O/c21-13-8-12(9-14(22)10-13)20(29)26-7-1-2-18-17(11-24)19(25)28(27-18)16-5-3-15(23)4-6-16/h3-6,8-10H,1-2,7,25H2,(H,26,29). The molecular weight excluding hydrogens is 416 g/mol. The first-order chi connectivity index (χ1) is 13.9.